The van der Waals surface area contributed by atoms with Gasteiger partial charge in [0.15, 0.2) is 0 Å². The number of allylic oxidation sites excluding steroid dienone is 1. The molecule has 3 heterocycles. The molecule has 54 heavy (non-hydrogen) atoms. The van der Waals surface area contributed by atoms with Crippen molar-refractivity contribution in [1.82, 2.24) is 25.2 Å². The van der Waals surface area contributed by atoms with Crippen LogP contribution >= 0.6 is 11.6 Å². The van der Waals surface area contributed by atoms with Gasteiger partial charge in [-0.1, -0.05) is 37.6 Å². The number of rotatable bonds is 7. The predicted octanol–water partition coefficient (Wildman–Crippen LogP) is 4.63. The summed E-state index contributed by atoms with van der Waals surface area (Å²) in [6.45, 7) is 9.08. The smallest absolute Gasteiger partial charge is 0.408 e. The molecule has 4 amide bonds. The summed E-state index contributed by atoms with van der Waals surface area (Å²) in [7, 11) is -2.38. The molecule has 1 saturated heterocycles. The number of carbonyl (C=O) groups is 4. The Morgan fingerprint density at radius 3 is 2.52 bits per heavy atom. The zero-order valence-corrected chi connectivity index (χ0v) is 33.1. The number of amides is 4. The molecule has 0 spiro atoms. The van der Waals surface area contributed by atoms with Crippen LogP contribution in [0.15, 0.2) is 36.5 Å². The fraction of sp³-hybridized carbons (Fsp3) is 0.605. The highest BCUT2D eigenvalue weighted by molar-refractivity contribution is 7.91. The molecule has 6 rings (SSSR count). The van der Waals surface area contributed by atoms with E-state index in [9.17, 15) is 27.6 Å². The Balaban J connectivity index is 1.36. The van der Waals surface area contributed by atoms with Crippen LogP contribution in [0.2, 0.25) is 5.02 Å². The van der Waals surface area contributed by atoms with Gasteiger partial charge in [-0.15, -0.1) is 0 Å². The summed E-state index contributed by atoms with van der Waals surface area (Å²) in [4.78, 5) is 62.0. The molecule has 4 aliphatic rings. The van der Waals surface area contributed by atoms with Gasteiger partial charge in [-0.25, -0.2) is 18.2 Å². The second-order valence-electron chi connectivity index (χ2n) is 16.2. The lowest BCUT2D eigenvalue weighted by Gasteiger charge is -2.33. The maximum atomic E-state index is 14.7. The number of hydrogen-bond acceptors (Lipinski definition) is 10. The van der Waals surface area contributed by atoms with E-state index in [1.165, 1.54) is 18.2 Å². The molecule has 2 aliphatic carbocycles. The number of sulfonamides is 1. The first kappa shape index (κ1) is 39.6. The highest BCUT2D eigenvalue weighted by Crippen LogP contribution is 2.46. The Morgan fingerprint density at radius 1 is 1.09 bits per heavy atom. The molecule has 3 N–H and O–H groups in total. The normalized spacial score (nSPS) is 29.8. The summed E-state index contributed by atoms with van der Waals surface area (Å²) in [5.74, 6) is -1.91. The second-order valence-corrected chi connectivity index (χ2v) is 18.6. The van der Waals surface area contributed by atoms with E-state index in [4.69, 9.17) is 25.8 Å². The minimum atomic E-state index is -3.91. The van der Waals surface area contributed by atoms with E-state index in [-0.39, 0.29) is 37.1 Å². The second kappa shape index (κ2) is 15.2. The van der Waals surface area contributed by atoms with Crippen molar-refractivity contribution < 1.29 is 41.8 Å². The number of halogens is 1. The van der Waals surface area contributed by atoms with Gasteiger partial charge in [-0.2, -0.15) is 0 Å². The van der Waals surface area contributed by atoms with Crippen molar-refractivity contribution in [2.45, 2.75) is 114 Å². The molecule has 0 radical (unpaired) electrons. The minimum Gasteiger partial charge on any atom is -0.494 e. The van der Waals surface area contributed by atoms with Crippen LogP contribution in [0.25, 0.3) is 10.8 Å². The van der Waals surface area contributed by atoms with Gasteiger partial charge in [0.25, 0.3) is 5.91 Å². The average molecular weight is 788 g/mol. The average Bonchev–Trinajstić information content (AvgIpc) is 4.01. The Morgan fingerprint density at radius 2 is 1.83 bits per heavy atom. The van der Waals surface area contributed by atoms with E-state index in [0.29, 0.717) is 47.2 Å². The van der Waals surface area contributed by atoms with Crippen LogP contribution in [0.4, 0.5) is 4.79 Å². The molecule has 2 aliphatic heterocycles. The van der Waals surface area contributed by atoms with Crippen molar-refractivity contribution in [3.05, 3.63) is 41.6 Å². The van der Waals surface area contributed by atoms with Crippen molar-refractivity contribution in [3.63, 3.8) is 0 Å². The molecular formula is C38H50ClN5O9S. The molecule has 7 atom stereocenters. The number of methoxy groups -OCH3 is 1. The summed E-state index contributed by atoms with van der Waals surface area (Å²) in [5, 5.41) is 6.73. The number of benzene rings is 1. The minimum absolute atomic E-state index is 0.00978. The zero-order valence-electron chi connectivity index (χ0n) is 31.5. The molecule has 2 aromatic rings. The number of aromatic nitrogens is 1. The molecule has 294 valence electrons. The maximum absolute atomic E-state index is 14.7. The number of carbonyl (C=O) groups excluding carboxylic acids is 4. The topological polar surface area (TPSA) is 182 Å². The van der Waals surface area contributed by atoms with Crippen molar-refractivity contribution in [3.8, 4) is 11.6 Å². The molecule has 1 aromatic carbocycles. The number of nitrogens with one attached hydrogen (secondary N) is 3. The number of ether oxygens (including phenoxy) is 3. The Kier molecular flexibility index (Phi) is 11.1. The Labute approximate surface area is 321 Å². The van der Waals surface area contributed by atoms with Crippen LogP contribution < -0.4 is 24.8 Å². The van der Waals surface area contributed by atoms with Crippen LogP contribution in [-0.2, 0) is 29.1 Å². The third-order valence-corrected chi connectivity index (χ3v) is 12.6. The van der Waals surface area contributed by atoms with Gasteiger partial charge >= 0.3 is 6.09 Å². The van der Waals surface area contributed by atoms with E-state index in [1.807, 2.05) is 19.1 Å². The van der Waals surface area contributed by atoms with Crippen molar-refractivity contribution in [2.24, 2.45) is 17.8 Å². The lowest BCUT2D eigenvalue weighted by Crippen LogP contribution is -2.59. The summed E-state index contributed by atoms with van der Waals surface area (Å²) >= 11 is 6.36. The number of alkyl carbamates (subject to hydrolysis) is 1. The number of fused-ring (bicyclic) bond motifs is 3. The molecule has 3 fully saturated rings. The molecule has 16 heteroatoms. The number of pyridine rings is 1. The fourth-order valence-corrected chi connectivity index (χ4v) is 9.05. The lowest BCUT2D eigenvalue weighted by molar-refractivity contribution is -0.142. The quantitative estimate of drug-likeness (QED) is 0.335. The summed E-state index contributed by atoms with van der Waals surface area (Å²) < 4.78 is 45.4. The molecule has 2 saturated carbocycles. The van der Waals surface area contributed by atoms with E-state index in [0.717, 1.165) is 6.42 Å². The highest BCUT2D eigenvalue weighted by Gasteiger charge is 2.62. The van der Waals surface area contributed by atoms with Gasteiger partial charge in [0.2, 0.25) is 27.7 Å². The summed E-state index contributed by atoms with van der Waals surface area (Å²) in [6.07, 6.45) is 6.95. The standard InChI is InChI=1S/C38H50ClN5O9S/c1-21-9-7-8-10-23-18-38(23,35(47)43-54(49,50)26-12-13-26)42-32(45)29-17-25(52-33-28-16-24(39)11-14-27(28)30(51-6)19-40-33)20-44(29)34(46)31(22(2)15-21)41-36(48)53-37(3,4)5/h8,10-11,14,16,19,21-23,25-26,29,31H,7,9,12-13,15,17-18,20H2,1-6H3,(H,41,48)(H,42,45)(H,43,47)/b10-8-/t21-,22+,23?,25+,29-,31-,38+/m0/s1. The SMILES string of the molecule is COc1cnc(O[C@@H]2C[C@H]3C(=O)N[C@]4(C(=O)NS(=O)(=O)C5CC5)CC4/C=C\CC[C@H](C)C[C@@H](C)[C@H](NC(=O)OC(C)(C)C)C(=O)N3C2)c2cc(Cl)ccc12. The van der Waals surface area contributed by atoms with E-state index in [2.05, 4.69) is 27.3 Å². The van der Waals surface area contributed by atoms with Gasteiger partial charge in [0.1, 0.15) is 35.1 Å². The monoisotopic (exact) mass is 787 g/mol. The van der Waals surface area contributed by atoms with E-state index >= 15 is 0 Å². The first-order valence-electron chi connectivity index (χ1n) is 18.5. The van der Waals surface area contributed by atoms with Gasteiger partial charge in [-0.3, -0.25) is 19.1 Å². The summed E-state index contributed by atoms with van der Waals surface area (Å²) in [6, 6.07) is 2.97. The Bertz CT molecular complexity index is 1950. The highest BCUT2D eigenvalue weighted by atomic mass is 35.5. The fourth-order valence-electron chi connectivity index (χ4n) is 7.51. The Hall–Kier alpha value is -4.11. The van der Waals surface area contributed by atoms with Gasteiger partial charge in [0, 0.05) is 28.1 Å². The van der Waals surface area contributed by atoms with E-state index < -0.39 is 74.3 Å². The van der Waals surface area contributed by atoms with Gasteiger partial charge < -0.3 is 29.7 Å². The largest absolute Gasteiger partial charge is 0.494 e. The van der Waals surface area contributed by atoms with Crippen LogP contribution in [0.3, 0.4) is 0 Å². The van der Waals surface area contributed by atoms with Crippen molar-refractivity contribution in [1.29, 1.82) is 0 Å². The third-order valence-electron chi connectivity index (χ3n) is 10.6. The van der Waals surface area contributed by atoms with Crippen LogP contribution in [-0.4, -0.2) is 90.3 Å². The predicted molar refractivity (Wildman–Crippen MR) is 201 cm³/mol. The first-order valence-corrected chi connectivity index (χ1v) is 20.5. The van der Waals surface area contributed by atoms with Crippen molar-refractivity contribution >= 4 is 56.2 Å². The van der Waals surface area contributed by atoms with Gasteiger partial charge in [-0.05, 0) is 89.3 Å². The zero-order chi connectivity index (χ0) is 39.2. The third kappa shape index (κ3) is 8.72. The molecule has 1 unspecified atom stereocenters. The van der Waals surface area contributed by atoms with Crippen LogP contribution in [0.1, 0.15) is 79.6 Å². The van der Waals surface area contributed by atoms with Crippen LogP contribution in [0, 0.1) is 17.8 Å². The summed E-state index contributed by atoms with van der Waals surface area (Å²) in [5.41, 5.74) is -2.36. The molecular weight excluding hydrogens is 738 g/mol. The molecule has 14 nitrogen and oxygen atoms in total. The molecule has 0 bridgehead atoms. The number of hydrogen-bond donors (Lipinski definition) is 3. The lowest BCUT2D eigenvalue weighted by atomic mass is 9.88. The van der Waals surface area contributed by atoms with Gasteiger partial charge in [0.05, 0.1) is 25.1 Å². The number of nitrogens with zero attached hydrogens (tertiary/aromatic N) is 2. The van der Waals surface area contributed by atoms with E-state index in [1.54, 1.807) is 39.0 Å². The van der Waals surface area contributed by atoms with Crippen LogP contribution in [0.5, 0.6) is 11.6 Å². The van der Waals surface area contributed by atoms with Crippen molar-refractivity contribution in [2.75, 3.05) is 13.7 Å². The molecule has 1 aromatic heterocycles. The maximum Gasteiger partial charge on any atom is 0.408 e. The first-order chi connectivity index (χ1) is 25.4.